The fraction of sp³-hybridized carbons (Fsp3) is 0.250. The summed E-state index contributed by atoms with van der Waals surface area (Å²) in [5.41, 5.74) is 0.151. The van der Waals surface area contributed by atoms with Crippen LogP contribution < -0.4 is 0 Å². The van der Waals surface area contributed by atoms with Crippen molar-refractivity contribution in [2.24, 2.45) is 0 Å². The van der Waals surface area contributed by atoms with E-state index in [-0.39, 0.29) is 16.5 Å². The second-order valence-corrected chi connectivity index (χ2v) is 3.69. The number of amides is 1. The average molecular weight is 214 g/mol. The van der Waals surface area contributed by atoms with E-state index in [0.29, 0.717) is 0 Å². The topological polar surface area (TPSA) is 70.5 Å². The summed E-state index contributed by atoms with van der Waals surface area (Å²) in [7, 11) is 3.14. The van der Waals surface area contributed by atoms with Crippen LogP contribution in [0.5, 0.6) is 0 Å². The summed E-state index contributed by atoms with van der Waals surface area (Å²) < 4.78 is 19.7. The average Bonchev–Trinajstić information content (AvgIpc) is 2.16. The highest BCUT2D eigenvalue weighted by Gasteiger charge is 2.16. The van der Waals surface area contributed by atoms with E-state index >= 15 is 0 Å². The zero-order valence-electron chi connectivity index (χ0n) is 7.80. The molecule has 1 atom stereocenters. The van der Waals surface area contributed by atoms with Crippen molar-refractivity contribution < 1.29 is 13.6 Å². The first-order valence-corrected chi connectivity index (χ1v) is 4.92. The number of hydrogen-bond acceptors (Lipinski definition) is 3. The normalized spacial score (nSPS) is 12.2. The Balaban J connectivity index is 3.20. The maximum absolute atomic E-state index is 11.5. The Morgan fingerprint density at radius 1 is 1.57 bits per heavy atom. The third-order valence-corrected chi connectivity index (χ3v) is 2.23. The number of nitrogens with zero attached hydrogens (tertiary/aromatic N) is 2. The maximum atomic E-state index is 11.5. The molecule has 1 aromatic heterocycles. The first kappa shape index (κ1) is 10.8. The smallest absolute Gasteiger partial charge is 0.256 e. The first-order chi connectivity index (χ1) is 6.54. The lowest BCUT2D eigenvalue weighted by Crippen LogP contribution is -2.23. The van der Waals surface area contributed by atoms with Gasteiger partial charge in [0.05, 0.1) is 5.56 Å². The van der Waals surface area contributed by atoms with Gasteiger partial charge in [-0.25, -0.2) is 9.19 Å². The number of hydrogen-bond donors (Lipinski definition) is 1. The molecule has 1 amide bonds. The number of pyridine rings is 1. The number of rotatable bonds is 2. The van der Waals surface area contributed by atoms with Crippen LogP contribution in [0.25, 0.3) is 0 Å². The summed E-state index contributed by atoms with van der Waals surface area (Å²) in [5, 5.41) is -0.105. The molecule has 0 aliphatic heterocycles. The van der Waals surface area contributed by atoms with E-state index < -0.39 is 11.1 Å². The van der Waals surface area contributed by atoms with Crippen LogP contribution in [0.2, 0.25) is 0 Å². The molecule has 1 heterocycles. The predicted molar refractivity (Wildman–Crippen MR) is 51.3 cm³/mol. The molecule has 1 aromatic rings. The van der Waals surface area contributed by atoms with Gasteiger partial charge in [-0.15, -0.1) is 0 Å². The molecule has 14 heavy (non-hydrogen) atoms. The number of aromatic nitrogens is 1. The van der Waals surface area contributed by atoms with Crippen LogP contribution in [-0.2, 0) is 11.1 Å². The summed E-state index contributed by atoms with van der Waals surface area (Å²) >= 11 is -2.24. The highest BCUT2D eigenvalue weighted by Crippen LogP contribution is 2.10. The standard InChI is InChI=1S/C8H10N2O3S/c1-10(2)8(11)6-4-3-5-9-7(6)14(12)13/h3-5H,1-2H3,(H,12,13). The molecule has 0 aliphatic rings. The van der Waals surface area contributed by atoms with Gasteiger partial charge in [0.1, 0.15) is 0 Å². The fourth-order valence-corrected chi connectivity index (χ4v) is 1.43. The molecule has 0 bridgehead atoms. The molecule has 0 aromatic carbocycles. The van der Waals surface area contributed by atoms with Crippen molar-refractivity contribution >= 4 is 17.0 Å². The molecule has 1 rings (SSSR count). The second-order valence-electron chi connectivity index (χ2n) is 2.80. The number of carbonyl (C=O) groups excluding carboxylic acids is 1. The summed E-state index contributed by atoms with van der Waals surface area (Å²) in [4.78, 5) is 16.5. The van der Waals surface area contributed by atoms with E-state index in [2.05, 4.69) is 4.98 Å². The minimum atomic E-state index is -2.24. The van der Waals surface area contributed by atoms with E-state index in [1.807, 2.05) is 0 Å². The van der Waals surface area contributed by atoms with Crippen molar-refractivity contribution in [1.29, 1.82) is 0 Å². The van der Waals surface area contributed by atoms with Crippen molar-refractivity contribution in [2.75, 3.05) is 14.1 Å². The Kier molecular flexibility index (Phi) is 3.32. The van der Waals surface area contributed by atoms with E-state index in [0.717, 1.165) is 0 Å². The largest absolute Gasteiger partial charge is 0.345 e. The number of carbonyl (C=O) groups is 1. The van der Waals surface area contributed by atoms with Gasteiger partial charge in [-0.05, 0) is 12.1 Å². The molecule has 0 spiro atoms. The van der Waals surface area contributed by atoms with E-state index in [9.17, 15) is 9.00 Å². The summed E-state index contributed by atoms with van der Waals surface area (Å²) in [6.45, 7) is 0. The van der Waals surface area contributed by atoms with Crippen LogP contribution in [0.15, 0.2) is 23.4 Å². The third kappa shape index (κ3) is 2.15. The lowest BCUT2D eigenvalue weighted by Gasteiger charge is -2.11. The Bertz CT molecular complexity index is 379. The molecule has 5 nitrogen and oxygen atoms in total. The van der Waals surface area contributed by atoms with Gasteiger partial charge in [0.15, 0.2) is 5.03 Å². The van der Waals surface area contributed by atoms with E-state index in [4.69, 9.17) is 4.55 Å². The fourth-order valence-electron chi connectivity index (χ4n) is 0.934. The van der Waals surface area contributed by atoms with Gasteiger partial charge in [0.25, 0.3) is 5.91 Å². The van der Waals surface area contributed by atoms with Crippen LogP contribution in [0.4, 0.5) is 0 Å². The Labute approximate surface area is 84.0 Å². The van der Waals surface area contributed by atoms with Crippen molar-refractivity contribution in [3.05, 3.63) is 23.9 Å². The third-order valence-electron chi connectivity index (χ3n) is 1.57. The lowest BCUT2D eigenvalue weighted by molar-refractivity contribution is 0.0823. The summed E-state index contributed by atoms with van der Waals surface area (Å²) in [5.74, 6) is -0.337. The lowest BCUT2D eigenvalue weighted by atomic mass is 10.2. The van der Waals surface area contributed by atoms with Gasteiger partial charge in [0.2, 0.25) is 11.1 Å². The molecule has 0 saturated heterocycles. The van der Waals surface area contributed by atoms with Crippen LogP contribution in [0.1, 0.15) is 10.4 Å². The van der Waals surface area contributed by atoms with Crippen molar-refractivity contribution in [1.82, 2.24) is 9.88 Å². The van der Waals surface area contributed by atoms with Gasteiger partial charge in [-0.1, -0.05) is 0 Å². The van der Waals surface area contributed by atoms with Gasteiger partial charge >= 0.3 is 0 Å². The monoisotopic (exact) mass is 214 g/mol. The van der Waals surface area contributed by atoms with Gasteiger partial charge in [-0.2, -0.15) is 0 Å². The van der Waals surface area contributed by atoms with Crippen molar-refractivity contribution in [3.63, 3.8) is 0 Å². The van der Waals surface area contributed by atoms with E-state index in [1.165, 1.54) is 17.2 Å². The zero-order valence-corrected chi connectivity index (χ0v) is 8.61. The molecule has 1 unspecified atom stereocenters. The highest BCUT2D eigenvalue weighted by atomic mass is 32.2. The predicted octanol–water partition coefficient (Wildman–Crippen LogP) is 0.364. The zero-order chi connectivity index (χ0) is 10.7. The molecule has 0 radical (unpaired) electrons. The van der Waals surface area contributed by atoms with Gasteiger partial charge in [-0.3, -0.25) is 4.79 Å². The van der Waals surface area contributed by atoms with Crippen LogP contribution >= 0.6 is 0 Å². The van der Waals surface area contributed by atoms with Gasteiger partial charge in [0, 0.05) is 20.3 Å². The molecule has 6 heteroatoms. The summed E-state index contributed by atoms with van der Waals surface area (Å²) in [6, 6.07) is 3.02. The molecule has 76 valence electrons. The van der Waals surface area contributed by atoms with Crippen molar-refractivity contribution in [2.45, 2.75) is 5.03 Å². The van der Waals surface area contributed by atoms with Crippen LogP contribution in [-0.4, -0.2) is 38.6 Å². The highest BCUT2D eigenvalue weighted by molar-refractivity contribution is 7.79. The molecule has 0 aliphatic carbocycles. The molecular weight excluding hydrogens is 204 g/mol. The molecule has 1 N–H and O–H groups in total. The van der Waals surface area contributed by atoms with Crippen LogP contribution in [0.3, 0.4) is 0 Å². The summed E-state index contributed by atoms with van der Waals surface area (Å²) in [6.07, 6.45) is 1.37. The SMILES string of the molecule is CN(C)C(=O)c1cccnc1S(=O)O. The first-order valence-electron chi connectivity index (χ1n) is 3.81. The molecule has 0 fully saturated rings. The Morgan fingerprint density at radius 3 is 2.71 bits per heavy atom. The van der Waals surface area contributed by atoms with Crippen LogP contribution in [0, 0.1) is 0 Å². The minimum absolute atomic E-state index is 0.105. The van der Waals surface area contributed by atoms with Gasteiger partial charge < -0.3 is 9.45 Å². The molecule has 0 saturated carbocycles. The Hall–Kier alpha value is -1.27. The minimum Gasteiger partial charge on any atom is -0.345 e. The van der Waals surface area contributed by atoms with Crippen molar-refractivity contribution in [3.8, 4) is 0 Å². The van der Waals surface area contributed by atoms with E-state index in [1.54, 1.807) is 20.2 Å². The molecular formula is C8H10N2O3S. The maximum Gasteiger partial charge on any atom is 0.256 e. The second kappa shape index (κ2) is 4.30. The quantitative estimate of drug-likeness (QED) is 0.722. The Morgan fingerprint density at radius 2 is 2.21 bits per heavy atom.